The van der Waals surface area contributed by atoms with Crippen molar-refractivity contribution in [1.82, 2.24) is 0 Å². The van der Waals surface area contributed by atoms with Crippen LogP contribution in [0.5, 0.6) is 0 Å². The van der Waals surface area contributed by atoms with Gasteiger partial charge in [0.25, 0.3) is 0 Å². The van der Waals surface area contributed by atoms with Gasteiger partial charge in [-0.2, -0.15) is 0 Å². The predicted octanol–water partition coefficient (Wildman–Crippen LogP) is 3.94. The van der Waals surface area contributed by atoms with Gasteiger partial charge in [0.15, 0.2) is 5.78 Å². The minimum Gasteiger partial charge on any atom is -0.326 e. The van der Waals surface area contributed by atoms with E-state index in [0.29, 0.717) is 5.56 Å². The molecule has 1 aliphatic rings. The van der Waals surface area contributed by atoms with Crippen molar-refractivity contribution in [2.24, 2.45) is 5.92 Å². The van der Waals surface area contributed by atoms with E-state index in [1.165, 1.54) is 6.42 Å². The zero-order valence-electron chi connectivity index (χ0n) is 11.7. The lowest BCUT2D eigenvalue weighted by molar-refractivity contribution is -0.120. The quantitative estimate of drug-likeness (QED) is 0.675. The third kappa shape index (κ3) is 3.60. The van der Waals surface area contributed by atoms with Gasteiger partial charge in [-0.1, -0.05) is 19.3 Å². The highest BCUT2D eigenvalue weighted by Gasteiger charge is 2.21. The van der Waals surface area contributed by atoms with Crippen LogP contribution in [0, 0.1) is 12.8 Å². The number of benzene rings is 1. The molecule has 1 saturated carbocycles. The average molecular weight is 294 g/mol. The third-order valence-electron chi connectivity index (χ3n) is 3.90. The fourth-order valence-corrected chi connectivity index (χ4v) is 2.81. The molecule has 0 saturated heterocycles. The Kier molecular flexibility index (Phi) is 5.18. The zero-order valence-corrected chi connectivity index (χ0v) is 12.5. The highest BCUT2D eigenvalue weighted by molar-refractivity contribution is 6.30. The van der Waals surface area contributed by atoms with Crippen LogP contribution in [-0.4, -0.2) is 17.6 Å². The molecule has 1 N–H and O–H groups in total. The number of nitrogens with one attached hydrogen (secondary N) is 1. The molecule has 3 nitrogen and oxygen atoms in total. The second kappa shape index (κ2) is 6.89. The molecule has 4 heteroatoms. The van der Waals surface area contributed by atoms with Crippen molar-refractivity contribution in [2.45, 2.75) is 39.0 Å². The first-order valence-electron chi connectivity index (χ1n) is 7.12. The Hall–Kier alpha value is -1.35. The summed E-state index contributed by atoms with van der Waals surface area (Å²) in [5.41, 5.74) is 2.27. The molecule has 0 bridgehead atoms. The lowest BCUT2D eigenvalue weighted by Gasteiger charge is -2.21. The van der Waals surface area contributed by atoms with Crippen LogP contribution in [0.25, 0.3) is 0 Å². The van der Waals surface area contributed by atoms with Gasteiger partial charge >= 0.3 is 0 Å². The van der Waals surface area contributed by atoms with E-state index in [1.807, 2.05) is 6.92 Å². The van der Waals surface area contributed by atoms with Crippen LogP contribution in [0.15, 0.2) is 18.2 Å². The van der Waals surface area contributed by atoms with E-state index >= 15 is 0 Å². The number of carbonyl (C=O) groups excluding carboxylic acids is 2. The summed E-state index contributed by atoms with van der Waals surface area (Å²) in [5, 5.41) is 2.98. The molecule has 0 aliphatic heterocycles. The molecule has 1 amide bonds. The molecule has 1 fully saturated rings. The number of amides is 1. The van der Waals surface area contributed by atoms with Crippen LogP contribution in [0.4, 0.5) is 5.69 Å². The molecule has 0 heterocycles. The summed E-state index contributed by atoms with van der Waals surface area (Å²) in [7, 11) is 0. The molecule has 0 aromatic heterocycles. The van der Waals surface area contributed by atoms with E-state index in [9.17, 15) is 9.59 Å². The monoisotopic (exact) mass is 293 g/mol. The molecule has 0 radical (unpaired) electrons. The van der Waals surface area contributed by atoms with Crippen LogP contribution in [0.3, 0.4) is 0 Å². The zero-order chi connectivity index (χ0) is 14.5. The Morgan fingerprint density at radius 1 is 1.25 bits per heavy atom. The molecule has 1 aliphatic carbocycles. The second-order valence-electron chi connectivity index (χ2n) is 5.41. The Bertz CT molecular complexity index is 507. The summed E-state index contributed by atoms with van der Waals surface area (Å²) < 4.78 is 0. The van der Waals surface area contributed by atoms with Crippen LogP contribution in [0.2, 0.25) is 0 Å². The molecule has 2 rings (SSSR count). The number of anilines is 1. The minimum absolute atomic E-state index is 0.0206. The van der Waals surface area contributed by atoms with Crippen molar-refractivity contribution in [3.63, 3.8) is 0 Å². The SMILES string of the molecule is Cc1cc(C(=O)CCl)ccc1NC(=O)C1CCCCC1. The van der Waals surface area contributed by atoms with Gasteiger partial charge in [0.05, 0.1) is 5.88 Å². The molecule has 0 spiro atoms. The minimum atomic E-state index is -0.0973. The topological polar surface area (TPSA) is 46.2 Å². The molecular weight excluding hydrogens is 274 g/mol. The fraction of sp³-hybridized carbons (Fsp3) is 0.500. The Labute approximate surface area is 124 Å². The number of aryl methyl sites for hydroxylation is 1. The van der Waals surface area contributed by atoms with E-state index in [4.69, 9.17) is 11.6 Å². The van der Waals surface area contributed by atoms with E-state index in [0.717, 1.165) is 36.9 Å². The molecule has 20 heavy (non-hydrogen) atoms. The van der Waals surface area contributed by atoms with Gasteiger partial charge < -0.3 is 5.32 Å². The highest BCUT2D eigenvalue weighted by Crippen LogP contribution is 2.26. The summed E-state index contributed by atoms with van der Waals surface area (Å²) in [6.45, 7) is 1.89. The number of alkyl halides is 1. The largest absolute Gasteiger partial charge is 0.326 e. The maximum Gasteiger partial charge on any atom is 0.227 e. The van der Waals surface area contributed by atoms with Gasteiger partial charge in [-0.3, -0.25) is 9.59 Å². The molecule has 1 aromatic carbocycles. The van der Waals surface area contributed by atoms with Crippen LogP contribution in [0.1, 0.15) is 48.0 Å². The number of Topliss-reactive ketones (excluding diaryl/α,β-unsaturated/α-hetero) is 1. The predicted molar refractivity (Wildman–Crippen MR) is 81.4 cm³/mol. The highest BCUT2D eigenvalue weighted by atomic mass is 35.5. The smallest absolute Gasteiger partial charge is 0.227 e. The molecule has 0 unspecified atom stereocenters. The van der Waals surface area contributed by atoms with E-state index in [-0.39, 0.29) is 23.5 Å². The summed E-state index contributed by atoms with van der Waals surface area (Å²) in [5.74, 6) is 0.115. The first-order chi connectivity index (χ1) is 9.61. The molecular formula is C16H20ClNO2. The van der Waals surface area contributed by atoms with Crippen LogP contribution in [-0.2, 0) is 4.79 Å². The van der Waals surface area contributed by atoms with Gasteiger partial charge in [-0.25, -0.2) is 0 Å². The maximum absolute atomic E-state index is 12.2. The van der Waals surface area contributed by atoms with Crippen molar-refractivity contribution in [3.05, 3.63) is 29.3 Å². The van der Waals surface area contributed by atoms with E-state index < -0.39 is 0 Å². The number of hydrogen-bond acceptors (Lipinski definition) is 2. The van der Waals surface area contributed by atoms with Crippen LogP contribution >= 0.6 is 11.6 Å². The van der Waals surface area contributed by atoms with Gasteiger partial charge in [0.1, 0.15) is 0 Å². The van der Waals surface area contributed by atoms with Crippen molar-refractivity contribution < 1.29 is 9.59 Å². The van der Waals surface area contributed by atoms with E-state index in [1.54, 1.807) is 18.2 Å². The normalized spacial score (nSPS) is 15.9. The van der Waals surface area contributed by atoms with Crippen molar-refractivity contribution >= 4 is 29.0 Å². The number of carbonyl (C=O) groups is 2. The lowest BCUT2D eigenvalue weighted by Crippen LogP contribution is -2.25. The molecule has 108 valence electrons. The van der Waals surface area contributed by atoms with Crippen LogP contribution < -0.4 is 5.32 Å². The fourth-order valence-electron chi connectivity index (χ4n) is 2.65. The van der Waals surface area contributed by atoms with Gasteiger partial charge in [0.2, 0.25) is 5.91 Å². The van der Waals surface area contributed by atoms with Gasteiger partial charge in [0, 0.05) is 17.2 Å². The van der Waals surface area contributed by atoms with E-state index in [2.05, 4.69) is 5.32 Å². The van der Waals surface area contributed by atoms with Crippen molar-refractivity contribution in [1.29, 1.82) is 0 Å². The standard InChI is InChI=1S/C16H20ClNO2/c1-11-9-13(15(19)10-17)7-8-14(11)18-16(20)12-5-3-2-4-6-12/h7-9,12H,2-6,10H2,1H3,(H,18,20). The molecule has 0 atom stereocenters. The third-order valence-corrected chi connectivity index (χ3v) is 4.15. The maximum atomic E-state index is 12.2. The Morgan fingerprint density at radius 3 is 2.55 bits per heavy atom. The van der Waals surface area contributed by atoms with Crippen molar-refractivity contribution in [2.75, 3.05) is 11.2 Å². The second-order valence-corrected chi connectivity index (χ2v) is 5.68. The summed E-state index contributed by atoms with van der Waals surface area (Å²) in [6, 6.07) is 5.28. The first-order valence-corrected chi connectivity index (χ1v) is 7.66. The number of rotatable bonds is 4. The number of ketones is 1. The summed E-state index contributed by atoms with van der Waals surface area (Å²) >= 11 is 5.55. The summed E-state index contributed by atoms with van der Waals surface area (Å²) in [4.78, 5) is 23.7. The van der Waals surface area contributed by atoms with Crippen molar-refractivity contribution in [3.8, 4) is 0 Å². The molecule has 1 aromatic rings. The lowest BCUT2D eigenvalue weighted by atomic mass is 9.88. The first kappa shape index (κ1) is 15.0. The van der Waals surface area contributed by atoms with Gasteiger partial charge in [-0.05, 0) is 43.5 Å². The Morgan fingerprint density at radius 2 is 1.95 bits per heavy atom. The number of halogens is 1. The van der Waals surface area contributed by atoms with Gasteiger partial charge in [-0.15, -0.1) is 11.6 Å². The number of hydrogen-bond donors (Lipinski definition) is 1. The average Bonchev–Trinajstić information content (AvgIpc) is 2.49. The summed E-state index contributed by atoms with van der Waals surface area (Å²) in [6.07, 6.45) is 5.47. The Balaban J connectivity index is 2.05.